The van der Waals surface area contributed by atoms with Crippen molar-refractivity contribution in [2.24, 2.45) is 0 Å². The molecule has 0 aromatic heterocycles. The molecular weight excluding hydrogens is 261 g/mol. The number of halogens is 1. The highest BCUT2D eigenvalue weighted by molar-refractivity contribution is 5.72. The van der Waals surface area contributed by atoms with Gasteiger partial charge in [0.05, 0.1) is 25.5 Å². The summed E-state index contributed by atoms with van der Waals surface area (Å²) in [6.07, 6.45) is -0.145. The zero-order valence-electron chi connectivity index (χ0n) is 12.1. The van der Waals surface area contributed by atoms with Crippen LogP contribution < -0.4 is 4.74 Å². The normalized spacial score (nSPS) is 12.4. The van der Waals surface area contributed by atoms with E-state index in [1.54, 1.807) is 20.8 Å². The maximum absolute atomic E-state index is 13.3. The van der Waals surface area contributed by atoms with E-state index >= 15 is 0 Å². The first kappa shape index (κ1) is 16.0. The van der Waals surface area contributed by atoms with Gasteiger partial charge >= 0.3 is 5.97 Å². The second kappa shape index (κ2) is 6.38. The number of nitrogens with zero attached hydrogens (tertiary/aromatic N) is 1. The van der Waals surface area contributed by atoms with Gasteiger partial charge in [-0.1, -0.05) is 0 Å². The number of nitriles is 1. The summed E-state index contributed by atoms with van der Waals surface area (Å²) in [4.78, 5) is 11.8. The van der Waals surface area contributed by atoms with Crippen LogP contribution in [0.25, 0.3) is 0 Å². The Morgan fingerprint density at radius 2 is 2.10 bits per heavy atom. The molecule has 1 unspecified atom stereocenters. The summed E-state index contributed by atoms with van der Waals surface area (Å²) in [6.45, 7) is 5.24. The molecule has 0 amide bonds. The third-order valence-electron chi connectivity index (χ3n) is 2.51. The number of esters is 1. The van der Waals surface area contributed by atoms with Gasteiger partial charge in [0.15, 0.2) is 0 Å². The SMILES string of the molecule is COc1ccc(F)cc1C(C#N)CC(=O)OC(C)(C)C. The molecule has 0 heterocycles. The van der Waals surface area contributed by atoms with Gasteiger partial charge in [-0.05, 0) is 39.0 Å². The van der Waals surface area contributed by atoms with Gasteiger partial charge in [0.1, 0.15) is 17.2 Å². The Labute approximate surface area is 118 Å². The van der Waals surface area contributed by atoms with Gasteiger partial charge in [-0.15, -0.1) is 0 Å². The number of rotatable bonds is 4. The lowest BCUT2D eigenvalue weighted by Crippen LogP contribution is -2.24. The molecule has 0 fully saturated rings. The maximum Gasteiger partial charge on any atom is 0.307 e. The second-order valence-electron chi connectivity index (χ2n) is 5.36. The van der Waals surface area contributed by atoms with Crippen LogP contribution in [0.4, 0.5) is 4.39 Å². The van der Waals surface area contributed by atoms with Crippen molar-refractivity contribution in [2.45, 2.75) is 38.7 Å². The fourth-order valence-corrected chi connectivity index (χ4v) is 1.75. The van der Waals surface area contributed by atoms with Gasteiger partial charge in [-0.2, -0.15) is 5.26 Å². The molecule has 5 heteroatoms. The largest absolute Gasteiger partial charge is 0.496 e. The Kier molecular flexibility index (Phi) is 5.09. The first-order valence-corrected chi connectivity index (χ1v) is 6.21. The Morgan fingerprint density at radius 3 is 2.60 bits per heavy atom. The van der Waals surface area contributed by atoms with Gasteiger partial charge in [0, 0.05) is 5.56 Å². The van der Waals surface area contributed by atoms with Crippen LogP contribution in [0.1, 0.15) is 38.7 Å². The van der Waals surface area contributed by atoms with Gasteiger partial charge in [0.25, 0.3) is 0 Å². The molecule has 0 aliphatic heterocycles. The highest BCUT2D eigenvalue weighted by atomic mass is 19.1. The standard InChI is InChI=1S/C15H18FNO3/c1-15(2,3)20-14(18)7-10(9-17)12-8-11(16)5-6-13(12)19-4/h5-6,8,10H,7H2,1-4H3. The quantitative estimate of drug-likeness (QED) is 0.794. The minimum absolute atomic E-state index is 0.145. The highest BCUT2D eigenvalue weighted by Gasteiger charge is 2.24. The predicted octanol–water partition coefficient (Wildman–Crippen LogP) is 3.17. The van der Waals surface area contributed by atoms with Gasteiger partial charge in [0.2, 0.25) is 0 Å². The molecule has 0 aliphatic rings. The molecule has 0 saturated carbocycles. The van der Waals surface area contributed by atoms with Crippen molar-refractivity contribution in [3.05, 3.63) is 29.6 Å². The molecule has 0 spiro atoms. The first-order chi connectivity index (χ1) is 9.26. The molecule has 4 nitrogen and oxygen atoms in total. The molecule has 0 saturated heterocycles. The van der Waals surface area contributed by atoms with Crippen LogP contribution in [0, 0.1) is 17.1 Å². The predicted molar refractivity (Wildman–Crippen MR) is 71.8 cm³/mol. The summed E-state index contributed by atoms with van der Waals surface area (Å²) in [7, 11) is 1.43. The Bertz CT molecular complexity index is 529. The number of hydrogen-bond acceptors (Lipinski definition) is 4. The smallest absolute Gasteiger partial charge is 0.307 e. The van der Waals surface area contributed by atoms with Crippen LogP contribution in [0.3, 0.4) is 0 Å². The van der Waals surface area contributed by atoms with Crippen molar-refractivity contribution in [3.8, 4) is 11.8 Å². The zero-order valence-corrected chi connectivity index (χ0v) is 12.1. The van der Waals surface area contributed by atoms with Crippen LogP contribution in [-0.4, -0.2) is 18.7 Å². The van der Waals surface area contributed by atoms with Crippen molar-refractivity contribution in [3.63, 3.8) is 0 Å². The van der Waals surface area contributed by atoms with Crippen molar-refractivity contribution < 1.29 is 18.7 Å². The van der Waals surface area contributed by atoms with E-state index < -0.39 is 23.3 Å². The molecular formula is C15H18FNO3. The Balaban J connectivity index is 2.95. The fraction of sp³-hybridized carbons (Fsp3) is 0.467. The van der Waals surface area contributed by atoms with E-state index in [-0.39, 0.29) is 6.42 Å². The van der Waals surface area contributed by atoms with Crippen molar-refractivity contribution in [2.75, 3.05) is 7.11 Å². The van der Waals surface area contributed by atoms with E-state index in [9.17, 15) is 14.4 Å². The van der Waals surface area contributed by atoms with E-state index in [2.05, 4.69) is 0 Å². The van der Waals surface area contributed by atoms with Crippen LogP contribution in [-0.2, 0) is 9.53 Å². The van der Waals surface area contributed by atoms with E-state index in [1.165, 1.54) is 25.3 Å². The highest BCUT2D eigenvalue weighted by Crippen LogP contribution is 2.30. The van der Waals surface area contributed by atoms with Gasteiger partial charge in [-0.3, -0.25) is 4.79 Å². The topological polar surface area (TPSA) is 59.3 Å². The lowest BCUT2D eigenvalue weighted by molar-refractivity contribution is -0.155. The average molecular weight is 279 g/mol. The molecule has 0 aliphatic carbocycles. The third-order valence-corrected chi connectivity index (χ3v) is 2.51. The van der Waals surface area contributed by atoms with Crippen molar-refractivity contribution >= 4 is 5.97 Å². The number of benzene rings is 1. The summed E-state index contributed by atoms with van der Waals surface area (Å²) in [5, 5.41) is 9.20. The summed E-state index contributed by atoms with van der Waals surface area (Å²) < 4.78 is 23.6. The van der Waals surface area contributed by atoms with E-state index in [0.717, 1.165) is 0 Å². The monoisotopic (exact) mass is 279 g/mol. The molecule has 1 aromatic carbocycles. The molecule has 108 valence electrons. The van der Waals surface area contributed by atoms with Crippen molar-refractivity contribution in [1.82, 2.24) is 0 Å². The van der Waals surface area contributed by atoms with Gasteiger partial charge in [-0.25, -0.2) is 4.39 Å². The van der Waals surface area contributed by atoms with Crippen LogP contribution in [0.2, 0.25) is 0 Å². The molecule has 0 radical (unpaired) electrons. The molecule has 1 aromatic rings. The maximum atomic E-state index is 13.3. The number of hydrogen-bond donors (Lipinski definition) is 0. The van der Waals surface area contributed by atoms with Crippen LogP contribution >= 0.6 is 0 Å². The Morgan fingerprint density at radius 1 is 1.45 bits per heavy atom. The van der Waals surface area contributed by atoms with Crippen LogP contribution in [0.5, 0.6) is 5.75 Å². The average Bonchev–Trinajstić information content (AvgIpc) is 2.33. The molecule has 1 atom stereocenters. The molecule has 20 heavy (non-hydrogen) atoms. The van der Waals surface area contributed by atoms with E-state index in [4.69, 9.17) is 9.47 Å². The summed E-state index contributed by atoms with van der Waals surface area (Å²) in [5.74, 6) is -1.42. The van der Waals surface area contributed by atoms with E-state index in [1.807, 2.05) is 6.07 Å². The number of carbonyl (C=O) groups excluding carboxylic acids is 1. The van der Waals surface area contributed by atoms with Crippen LogP contribution in [0.15, 0.2) is 18.2 Å². The lowest BCUT2D eigenvalue weighted by atomic mass is 9.96. The molecule has 0 N–H and O–H groups in total. The fourth-order valence-electron chi connectivity index (χ4n) is 1.75. The third kappa shape index (κ3) is 4.54. The Hall–Kier alpha value is -2.09. The summed E-state index contributed by atoms with van der Waals surface area (Å²) in [6, 6.07) is 5.87. The number of methoxy groups -OCH3 is 1. The molecule has 1 rings (SSSR count). The second-order valence-corrected chi connectivity index (χ2v) is 5.36. The van der Waals surface area contributed by atoms with Crippen molar-refractivity contribution in [1.29, 1.82) is 5.26 Å². The summed E-state index contributed by atoms with van der Waals surface area (Å²) >= 11 is 0. The van der Waals surface area contributed by atoms with Gasteiger partial charge < -0.3 is 9.47 Å². The zero-order chi connectivity index (χ0) is 15.3. The minimum atomic E-state index is -0.810. The first-order valence-electron chi connectivity index (χ1n) is 6.21. The van der Waals surface area contributed by atoms with E-state index in [0.29, 0.717) is 11.3 Å². The lowest BCUT2D eigenvalue weighted by Gasteiger charge is -2.21. The molecule has 0 bridgehead atoms. The number of carbonyl (C=O) groups is 1. The number of ether oxygens (including phenoxy) is 2. The minimum Gasteiger partial charge on any atom is -0.496 e. The summed E-state index contributed by atoms with van der Waals surface area (Å²) in [5.41, 5.74) is -0.274.